The Labute approximate surface area is 161 Å². The van der Waals surface area contributed by atoms with Gasteiger partial charge in [-0.1, -0.05) is 35.5 Å². The van der Waals surface area contributed by atoms with E-state index < -0.39 is 0 Å². The van der Waals surface area contributed by atoms with Gasteiger partial charge in [-0.05, 0) is 31.0 Å². The van der Waals surface area contributed by atoms with Crippen molar-refractivity contribution in [3.8, 4) is 0 Å². The maximum absolute atomic E-state index is 12.0. The van der Waals surface area contributed by atoms with E-state index in [4.69, 9.17) is 17.3 Å². The molecule has 140 valence electrons. The van der Waals surface area contributed by atoms with Crippen LogP contribution in [0.15, 0.2) is 29.4 Å². The number of benzene rings is 1. The first-order valence-electron chi connectivity index (χ1n) is 8.34. The smallest absolute Gasteiger partial charge is 0.230 e. The fourth-order valence-electron chi connectivity index (χ4n) is 2.34. The minimum atomic E-state index is -0.370. The van der Waals surface area contributed by atoms with E-state index in [9.17, 15) is 9.59 Å². The molecule has 0 spiro atoms. The van der Waals surface area contributed by atoms with Crippen molar-refractivity contribution >= 4 is 35.2 Å². The summed E-state index contributed by atoms with van der Waals surface area (Å²) in [5.74, 6) is 0.532. The van der Waals surface area contributed by atoms with Crippen molar-refractivity contribution in [3.63, 3.8) is 0 Å². The van der Waals surface area contributed by atoms with Crippen molar-refractivity contribution in [1.29, 1.82) is 0 Å². The molecule has 0 fully saturated rings. The molecule has 2 rings (SSSR count). The van der Waals surface area contributed by atoms with Crippen LogP contribution in [0.4, 0.5) is 0 Å². The average Bonchev–Trinajstić information content (AvgIpc) is 3.01. The molecule has 0 saturated carbocycles. The van der Waals surface area contributed by atoms with Crippen LogP contribution in [-0.2, 0) is 29.0 Å². The summed E-state index contributed by atoms with van der Waals surface area (Å²) in [5, 5.41) is 12.4. The van der Waals surface area contributed by atoms with Gasteiger partial charge >= 0.3 is 0 Å². The van der Waals surface area contributed by atoms with Gasteiger partial charge in [0.1, 0.15) is 5.82 Å². The fourth-order valence-corrected chi connectivity index (χ4v) is 3.32. The van der Waals surface area contributed by atoms with Gasteiger partial charge in [-0.15, -0.1) is 10.2 Å². The Morgan fingerprint density at radius 1 is 1.23 bits per heavy atom. The summed E-state index contributed by atoms with van der Waals surface area (Å²) in [4.78, 5) is 22.9. The van der Waals surface area contributed by atoms with Crippen LogP contribution in [0.2, 0.25) is 5.02 Å². The molecule has 0 aliphatic rings. The van der Waals surface area contributed by atoms with Gasteiger partial charge in [-0.3, -0.25) is 9.59 Å². The van der Waals surface area contributed by atoms with E-state index >= 15 is 0 Å². The maximum atomic E-state index is 12.0. The van der Waals surface area contributed by atoms with Crippen LogP contribution in [0.5, 0.6) is 0 Å². The molecule has 26 heavy (non-hydrogen) atoms. The summed E-state index contributed by atoms with van der Waals surface area (Å²) < 4.78 is 1.90. The van der Waals surface area contributed by atoms with Crippen LogP contribution in [0.3, 0.4) is 0 Å². The number of carbonyl (C=O) groups is 2. The van der Waals surface area contributed by atoms with E-state index in [0.717, 1.165) is 12.0 Å². The fraction of sp³-hybridized carbons (Fsp3) is 0.412. The third-order valence-corrected chi connectivity index (χ3v) is 4.90. The average molecular weight is 396 g/mol. The highest BCUT2D eigenvalue weighted by molar-refractivity contribution is 7.99. The Bertz CT molecular complexity index is 748. The van der Waals surface area contributed by atoms with Crippen LogP contribution < -0.4 is 11.1 Å². The summed E-state index contributed by atoms with van der Waals surface area (Å²) in [6.07, 6.45) is 1.42. The first kappa shape index (κ1) is 20.3. The lowest BCUT2D eigenvalue weighted by Crippen LogP contribution is -2.27. The quantitative estimate of drug-likeness (QED) is 0.597. The lowest BCUT2D eigenvalue weighted by molar-refractivity contribution is -0.119. The molecule has 0 saturated heterocycles. The SMILES string of the molecule is CCn1c(CCC(N)=O)nnc1SCC(=O)NCCc1ccc(Cl)cc1. The molecule has 1 aromatic heterocycles. The Morgan fingerprint density at radius 3 is 2.62 bits per heavy atom. The number of hydrogen-bond acceptors (Lipinski definition) is 5. The first-order valence-corrected chi connectivity index (χ1v) is 9.70. The van der Waals surface area contributed by atoms with Crippen molar-refractivity contribution in [2.45, 2.75) is 37.9 Å². The summed E-state index contributed by atoms with van der Waals surface area (Å²) in [6.45, 7) is 3.19. The van der Waals surface area contributed by atoms with Gasteiger partial charge in [0.2, 0.25) is 11.8 Å². The number of carbonyl (C=O) groups excluding carboxylic acids is 2. The first-order chi connectivity index (χ1) is 12.5. The van der Waals surface area contributed by atoms with Crippen LogP contribution >= 0.6 is 23.4 Å². The number of halogens is 1. The maximum Gasteiger partial charge on any atom is 0.230 e. The third kappa shape index (κ3) is 6.34. The molecule has 1 heterocycles. The number of aromatic nitrogens is 3. The van der Waals surface area contributed by atoms with E-state index in [0.29, 0.717) is 35.5 Å². The number of nitrogens with one attached hydrogen (secondary N) is 1. The molecule has 2 amide bonds. The zero-order valence-corrected chi connectivity index (χ0v) is 16.1. The van der Waals surface area contributed by atoms with Gasteiger partial charge in [0.15, 0.2) is 5.16 Å². The Hall–Kier alpha value is -2.06. The molecule has 9 heteroatoms. The van der Waals surface area contributed by atoms with E-state index in [2.05, 4.69) is 15.5 Å². The minimum absolute atomic E-state index is 0.0618. The highest BCUT2D eigenvalue weighted by Gasteiger charge is 2.13. The van der Waals surface area contributed by atoms with E-state index in [1.54, 1.807) is 0 Å². The predicted octanol–water partition coefficient (Wildman–Crippen LogP) is 1.82. The molecule has 0 atom stereocenters. The number of hydrogen-bond donors (Lipinski definition) is 2. The van der Waals surface area contributed by atoms with Crippen molar-refractivity contribution in [1.82, 2.24) is 20.1 Å². The molecule has 3 N–H and O–H groups in total. The van der Waals surface area contributed by atoms with E-state index in [1.165, 1.54) is 11.8 Å². The van der Waals surface area contributed by atoms with E-state index in [-0.39, 0.29) is 24.0 Å². The van der Waals surface area contributed by atoms with Crippen LogP contribution in [0.1, 0.15) is 24.7 Å². The number of rotatable bonds is 10. The van der Waals surface area contributed by atoms with Crippen molar-refractivity contribution in [3.05, 3.63) is 40.7 Å². The van der Waals surface area contributed by atoms with Crippen LogP contribution in [0.25, 0.3) is 0 Å². The molecule has 7 nitrogen and oxygen atoms in total. The van der Waals surface area contributed by atoms with Gasteiger partial charge in [0.05, 0.1) is 5.75 Å². The Morgan fingerprint density at radius 2 is 1.96 bits per heavy atom. The number of primary amides is 1. The molecular formula is C17H22ClN5O2S. The highest BCUT2D eigenvalue weighted by Crippen LogP contribution is 2.17. The Kier molecular flexibility index (Phi) is 7.93. The number of nitrogens with zero attached hydrogens (tertiary/aromatic N) is 3. The normalized spacial score (nSPS) is 10.7. The largest absolute Gasteiger partial charge is 0.370 e. The highest BCUT2D eigenvalue weighted by atomic mass is 35.5. The molecule has 0 radical (unpaired) electrons. The molecule has 0 unspecified atom stereocenters. The number of nitrogens with two attached hydrogens (primary N) is 1. The molecule has 2 aromatic rings. The van der Waals surface area contributed by atoms with Gasteiger partial charge in [0.25, 0.3) is 0 Å². The summed E-state index contributed by atoms with van der Waals surface area (Å²) in [7, 11) is 0. The van der Waals surface area contributed by atoms with Gasteiger partial charge < -0.3 is 15.6 Å². The minimum Gasteiger partial charge on any atom is -0.370 e. The number of aryl methyl sites for hydroxylation is 1. The third-order valence-electron chi connectivity index (χ3n) is 3.69. The molecule has 0 aliphatic heterocycles. The molecular weight excluding hydrogens is 374 g/mol. The topological polar surface area (TPSA) is 103 Å². The Balaban J connectivity index is 1.77. The molecule has 0 aliphatic carbocycles. The summed E-state index contributed by atoms with van der Waals surface area (Å²) in [5.41, 5.74) is 6.29. The van der Waals surface area contributed by atoms with Gasteiger partial charge in [-0.25, -0.2) is 0 Å². The zero-order chi connectivity index (χ0) is 18.9. The number of thioether (sulfide) groups is 1. The van der Waals surface area contributed by atoms with Crippen LogP contribution in [-0.4, -0.2) is 38.9 Å². The standard InChI is InChI=1S/C17H22ClN5O2S/c1-2-23-15(8-7-14(19)24)21-22-17(23)26-11-16(25)20-10-9-12-3-5-13(18)6-4-12/h3-6H,2,7-11H2,1H3,(H2,19,24)(H,20,25). The predicted molar refractivity (Wildman–Crippen MR) is 102 cm³/mol. The summed E-state index contributed by atoms with van der Waals surface area (Å²) in [6, 6.07) is 7.56. The molecule has 0 bridgehead atoms. The van der Waals surface area contributed by atoms with Gasteiger partial charge in [0, 0.05) is 31.0 Å². The van der Waals surface area contributed by atoms with Crippen molar-refractivity contribution < 1.29 is 9.59 Å². The van der Waals surface area contributed by atoms with Gasteiger partial charge in [-0.2, -0.15) is 0 Å². The second-order valence-corrected chi connectivity index (χ2v) is 7.00. The van der Waals surface area contributed by atoms with Crippen molar-refractivity contribution in [2.24, 2.45) is 5.73 Å². The zero-order valence-electron chi connectivity index (χ0n) is 14.6. The molecule has 1 aromatic carbocycles. The lowest BCUT2D eigenvalue weighted by Gasteiger charge is -2.07. The second-order valence-electron chi connectivity index (χ2n) is 5.62. The summed E-state index contributed by atoms with van der Waals surface area (Å²) >= 11 is 7.18. The van der Waals surface area contributed by atoms with Crippen molar-refractivity contribution in [2.75, 3.05) is 12.3 Å². The number of amides is 2. The van der Waals surface area contributed by atoms with E-state index in [1.807, 2.05) is 35.8 Å². The second kappa shape index (κ2) is 10.2. The monoisotopic (exact) mass is 395 g/mol. The lowest BCUT2D eigenvalue weighted by atomic mass is 10.1. The van der Waals surface area contributed by atoms with Crippen LogP contribution in [0, 0.1) is 0 Å².